The van der Waals surface area contributed by atoms with Gasteiger partial charge in [-0.3, -0.25) is 9.59 Å². The molecule has 0 aliphatic heterocycles. The second-order valence-corrected chi connectivity index (χ2v) is 7.28. The number of ether oxygens (including phenoxy) is 1. The molecular formula is C18H31NO3. The van der Waals surface area contributed by atoms with Crippen LogP contribution in [0.4, 0.5) is 0 Å². The molecule has 0 heterocycles. The molecule has 3 atom stereocenters. The van der Waals surface area contributed by atoms with Crippen molar-refractivity contribution in [1.82, 2.24) is 5.32 Å². The van der Waals surface area contributed by atoms with E-state index < -0.39 is 0 Å². The van der Waals surface area contributed by atoms with Gasteiger partial charge in [-0.05, 0) is 43.9 Å². The molecule has 0 unspecified atom stereocenters. The van der Waals surface area contributed by atoms with Crippen molar-refractivity contribution in [2.45, 2.75) is 90.2 Å². The summed E-state index contributed by atoms with van der Waals surface area (Å²) in [7, 11) is 0. The van der Waals surface area contributed by atoms with E-state index in [0.29, 0.717) is 12.0 Å². The molecule has 0 aromatic heterocycles. The Balaban J connectivity index is 1.61. The maximum atomic E-state index is 11.9. The highest BCUT2D eigenvalue weighted by molar-refractivity contribution is 5.81. The number of hydrogen-bond acceptors (Lipinski definition) is 3. The fraction of sp³-hybridized carbons (Fsp3) is 0.889. The summed E-state index contributed by atoms with van der Waals surface area (Å²) in [5.74, 6) is 1.11. The van der Waals surface area contributed by atoms with Crippen molar-refractivity contribution in [3.63, 3.8) is 0 Å². The first kappa shape index (κ1) is 17.3. The second-order valence-electron chi connectivity index (χ2n) is 7.28. The molecule has 4 nitrogen and oxygen atoms in total. The lowest BCUT2D eigenvalue weighted by molar-refractivity contribution is -0.152. The molecule has 2 aliphatic rings. The topological polar surface area (TPSA) is 55.4 Å². The minimum Gasteiger partial charge on any atom is -0.462 e. The first-order valence-corrected chi connectivity index (χ1v) is 9.03. The normalized spacial score (nSPS) is 29.8. The van der Waals surface area contributed by atoms with Crippen LogP contribution in [0.15, 0.2) is 0 Å². The molecule has 0 saturated heterocycles. The van der Waals surface area contributed by atoms with Crippen molar-refractivity contribution in [3.05, 3.63) is 0 Å². The van der Waals surface area contributed by atoms with Gasteiger partial charge in [0.1, 0.15) is 6.10 Å². The monoisotopic (exact) mass is 309 g/mol. The van der Waals surface area contributed by atoms with Crippen LogP contribution in [0.3, 0.4) is 0 Å². The first-order valence-electron chi connectivity index (χ1n) is 9.03. The van der Waals surface area contributed by atoms with Crippen molar-refractivity contribution in [2.75, 3.05) is 0 Å². The van der Waals surface area contributed by atoms with Crippen LogP contribution in [0.25, 0.3) is 0 Å². The van der Waals surface area contributed by atoms with Crippen LogP contribution in [0.5, 0.6) is 0 Å². The van der Waals surface area contributed by atoms with Gasteiger partial charge in [0.2, 0.25) is 5.91 Å². The van der Waals surface area contributed by atoms with Gasteiger partial charge in [-0.1, -0.05) is 33.1 Å². The molecule has 0 spiro atoms. The Morgan fingerprint density at radius 3 is 2.36 bits per heavy atom. The number of hydrogen-bond donors (Lipinski definition) is 1. The number of carbonyl (C=O) groups excluding carboxylic acids is 2. The molecule has 2 saturated carbocycles. The van der Waals surface area contributed by atoms with Crippen molar-refractivity contribution in [3.8, 4) is 0 Å². The molecule has 2 rings (SSSR count). The highest BCUT2D eigenvalue weighted by atomic mass is 16.5. The zero-order valence-corrected chi connectivity index (χ0v) is 14.1. The van der Waals surface area contributed by atoms with Crippen molar-refractivity contribution < 1.29 is 14.3 Å². The van der Waals surface area contributed by atoms with E-state index in [1.54, 1.807) is 0 Å². The van der Waals surface area contributed by atoms with Gasteiger partial charge in [-0.15, -0.1) is 0 Å². The van der Waals surface area contributed by atoms with E-state index in [4.69, 9.17) is 4.74 Å². The Labute approximate surface area is 134 Å². The lowest BCUT2D eigenvalue weighted by atomic mass is 9.80. The van der Waals surface area contributed by atoms with E-state index in [9.17, 15) is 9.59 Å². The maximum Gasteiger partial charge on any atom is 0.306 e. The minimum atomic E-state index is -0.217. The SMILES string of the molecule is C[C@@H]1CC[C@@H](OC(=O)CCC(=O)NC2CCCCC2)C[C@H]1C. The van der Waals surface area contributed by atoms with Gasteiger partial charge >= 0.3 is 5.97 Å². The molecule has 2 fully saturated rings. The molecular weight excluding hydrogens is 278 g/mol. The molecule has 1 amide bonds. The smallest absolute Gasteiger partial charge is 0.306 e. The van der Waals surface area contributed by atoms with E-state index in [1.807, 2.05) is 0 Å². The summed E-state index contributed by atoms with van der Waals surface area (Å²) in [4.78, 5) is 23.8. The van der Waals surface area contributed by atoms with Gasteiger partial charge in [0.15, 0.2) is 0 Å². The summed E-state index contributed by atoms with van der Waals surface area (Å²) in [5.41, 5.74) is 0. The molecule has 0 bridgehead atoms. The van der Waals surface area contributed by atoms with Crippen molar-refractivity contribution in [1.29, 1.82) is 0 Å². The van der Waals surface area contributed by atoms with Gasteiger partial charge in [-0.25, -0.2) is 0 Å². The average molecular weight is 309 g/mol. The minimum absolute atomic E-state index is 0.00511. The molecule has 0 aromatic carbocycles. The predicted molar refractivity (Wildman–Crippen MR) is 86.3 cm³/mol. The maximum absolute atomic E-state index is 11.9. The van der Waals surface area contributed by atoms with E-state index >= 15 is 0 Å². The zero-order valence-electron chi connectivity index (χ0n) is 14.1. The quantitative estimate of drug-likeness (QED) is 0.790. The fourth-order valence-electron chi connectivity index (χ4n) is 3.61. The number of amides is 1. The van der Waals surface area contributed by atoms with Gasteiger partial charge in [0.25, 0.3) is 0 Å². The van der Waals surface area contributed by atoms with E-state index in [2.05, 4.69) is 19.2 Å². The lowest BCUT2D eigenvalue weighted by Gasteiger charge is -2.31. The third-order valence-electron chi connectivity index (χ3n) is 5.37. The van der Waals surface area contributed by atoms with Crippen LogP contribution < -0.4 is 5.32 Å². The van der Waals surface area contributed by atoms with Crippen LogP contribution in [0.1, 0.15) is 78.1 Å². The number of esters is 1. The summed E-state index contributed by atoms with van der Waals surface area (Å²) in [6.45, 7) is 4.49. The van der Waals surface area contributed by atoms with Gasteiger partial charge in [0.05, 0.1) is 6.42 Å². The van der Waals surface area contributed by atoms with Crippen LogP contribution in [0.2, 0.25) is 0 Å². The largest absolute Gasteiger partial charge is 0.462 e. The lowest BCUT2D eigenvalue weighted by Crippen LogP contribution is -2.36. The molecule has 0 aromatic rings. The Bertz CT molecular complexity index is 377. The number of carbonyl (C=O) groups is 2. The Morgan fingerprint density at radius 2 is 1.68 bits per heavy atom. The average Bonchev–Trinajstić information content (AvgIpc) is 2.50. The molecule has 1 N–H and O–H groups in total. The standard InChI is InChI=1S/C18H31NO3/c1-13-8-9-16(12-14(13)2)22-18(21)11-10-17(20)19-15-6-4-3-5-7-15/h13-16H,3-12H2,1-2H3,(H,19,20)/t13-,14-,16-/m1/s1. The molecule has 2 aliphatic carbocycles. The summed E-state index contributed by atoms with van der Waals surface area (Å²) in [6.07, 6.45) is 9.40. The second kappa shape index (κ2) is 8.54. The van der Waals surface area contributed by atoms with Gasteiger partial charge < -0.3 is 10.1 Å². The van der Waals surface area contributed by atoms with Crippen LogP contribution in [-0.2, 0) is 14.3 Å². The van der Waals surface area contributed by atoms with E-state index in [0.717, 1.165) is 38.0 Å². The predicted octanol–water partition coefficient (Wildman–Crippen LogP) is 3.58. The Morgan fingerprint density at radius 1 is 0.955 bits per heavy atom. The third-order valence-corrected chi connectivity index (χ3v) is 5.37. The highest BCUT2D eigenvalue weighted by Gasteiger charge is 2.27. The molecule has 22 heavy (non-hydrogen) atoms. The summed E-state index contributed by atoms with van der Waals surface area (Å²) in [6, 6.07) is 0.318. The molecule has 0 radical (unpaired) electrons. The van der Waals surface area contributed by atoms with Crippen molar-refractivity contribution in [2.24, 2.45) is 11.8 Å². The van der Waals surface area contributed by atoms with Crippen LogP contribution in [0, 0.1) is 11.8 Å². The van der Waals surface area contributed by atoms with E-state index in [-0.39, 0.29) is 30.8 Å². The van der Waals surface area contributed by atoms with Crippen molar-refractivity contribution >= 4 is 11.9 Å². The zero-order chi connectivity index (χ0) is 15.9. The van der Waals surface area contributed by atoms with E-state index in [1.165, 1.54) is 19.3 Å². The van der Waals surface area contributed by atoms with Crippen LogP contribution >= 0.6 is 0 Å². The Kier molecular flexibility index (Phi) is 6.71. The number of nitrogens with one attached hydrogen (secondary N) is 1. The summed E-state index contributed by atoms with van der Waals surface area (Å²) in [5, 5.41) is 3.04. The highest BCUT2D eigenvalue weighted by Crippen LogP contribution is 2.31. The van der Waals surface area contributed by atoms with Gasteiger partial charge in [0, 0.05) is 12.5 Å². The molecule has 126 valence electrons. The summed E-state index contributed by atoms with van der Waals surface area (Å²) >= 11 is 0. The number of rotatable bonds is 5. The molecule has 4 heteroatoms. The third kappa shape index (κ3) is 5.62. The summed E-state index contributed by atoms with van der Waals surface area (Å²) < 4.78 is 5.53. The Hall–Kier alpha value is -1.06. The van der Waals surface area contributed by atoms with Crippen LogP contribution in [-0.4, -0.2) is 24.0 Å². The first-order chi connectivity index (χ1) is 10.5. The van der Waals surface area contributed by atoms with Gasteiger partial charge in [-0.2, -0.15) is 0 Å². The fourth-order valence-corrected chi connectivity index (χ4v) is 3.61.